The van der Waals surface area contributed by atoms with E-state index < -0.39 is 16.5 Å². The molecule has 1 nitrogen and oxygen atoms in total. The van der Waals surface area contributed by atoms with E-state index in [1.165, 1.54) is 33.4 Å². The van der Waals surface area contributed by atoms with Gasteiger partial charge in [-0.3, -0.25) is 0 Å². The summed E-state index contributed by atoms with van der Waals surface area (Å²) in [4.78, 5) is 0. The molecule has 0 bridgehead atoms. The molecule has 0 spiro atoms. The molecule has 224 valence electrons. The first kappa shape index (κ1) is 30.7. The van der Waals surface area contributed by atoms with E-state index in [0.29, 0.717) is 0 Å². The van der Waals surface area contributed by atoms with Gasteiger partial charge in [0.2, 0.25) is 0 Å². The van der Waals surface area contributed by atoms with Crippen LogP contribution in [0.1, 0.15) is 33.4 Å². The molecule has 0 saturated carbocycles. The van der Waals surface area contributed by atoms with E-state index in [0.717, 1.165) is 36.3 Å². The van der Waals surface area contributed by atoms with Crippen LogP contribution >= 0.6 is 0 Å². The van der Waals surface area contributed by atoms with Crippen molar-refractivity contribution in [1.82, 2.24) is 4.65 Å². The van der Waals surface area contributed by atoms with E-state index in [1.54, 1.807) is 0 Å². The molecule has 0 atom stereocenters. The highest BCUT2D eigenvalue weighted by Gasteiger charge is 2.44. The molecule has 0 unspecified atom stereocenters. The SMILES string of the molecule is c1ccc(C[Si](Cc2ccccc2)(Cc2ccccc2)N[Si](Cc2ccccc2)(Cc2ccccc2)Cc2ccccc2)cc1. The summed E-state index contributed by atoms with van der Waals surface area (Å²) < 4.78 is 4.85. The number of benzene rings is 6. The molecule has 3 heteroatoms. The van der Waals surface area contributed by atoms with Crippen molar-refractivity contribution in [1.29, 1.82) is 0 Å². The van der Waals surface area contributed by atoms with Gasteiger partial charge in [0, 0.05) is 0 Å². The predicted molar refractivity (Wildman–Crippen MR) is 196 cm³/mol. The van der Waals surface area contributed by atoms with Crippen molar-refractivity contribution in [2.24, 2.45) is 0 Å². The molecule has 6 aromatic rings. The lowest BCUT2D eigenvalue weighted by Crippen LogP contribution is -2.72. The lowest BCUT2D eigenvalue weighted by Gasteiger charge is -2.44. The van der Waals surface area contributed by atoms with Crippen LogP contribution in [0.25, 0.3) is 0 Å². The van der Waals surface area contributed by atoms with Crippen LogP contribution < -0.4 is 4.65 Å². The molecular weight excluding hydrogens is 575 g/mol. The van der Waals surface area contributed by atoms with Crippen LogP contribution in [0.3, 0.4) is 0 Å². The number of hydrogen-bond acceptors (Lipinski definition) is 1. The molecule has 0 heterocycles. The molecule has 0 aliphatic heterocycles. The Balaban J connectivity index is 1.53. The lowest BCUT2D eigenvalue weighted by molar-refractivity contribution is 0.984. The summed E-state index contributed by atoms with van der Waals surface area (Å²) >= 11 is 0. The predicted octanol–water partition coefficient (Wildman–Crippen LogP) is 9.16. The highest BCUT2D eigenvalue weighted by atomic mass is 28.4. The quantitative estimate of drug-likeness (QED) is 0.120. The summed E-state index contributed by atoms with van der Waals surface area (Å²) in [5.74, 6) is 0. The minimum absolute atomic E-state index is 1.09. The average Bonchev–Trinajstić information content (AvgIpc) is 3.07. The lowest BCUT2D eigenvalue weighted by atomic mass is 10.2. The highest BCUT2D eigenvalue weighted by Crippen LogP contribution is 2.28. The maximum absolute atomic E-state index is 4.85. The van der Waals surface area contributed by atoms with Crippen molar-refractivity contribution < 1.29 is 0 Å². The minimum atomic E-state index is -2.30. The molecule has 0 aromatic heterocycles. The van der Waals surface area contributed by atoms with Gasteiger partial charge in [-0.1, -0.05) is 182 Å². The molecule has 45 heavy (non-hydrogen) atoms. The smallest absolute Gasteiger partial charge is 0.132 e. The number of rotatable bonds is 14. The van der Waals surface area contributed by atoms with Crippen LogP contribution in [0.2, 0.25) is 0 Å². The van der Waals surface area contributed by atoms with Crippen LogP contribution in [-0.2, 0) is 36.3 Å². The van der Waals surface area contributed by atoms with Crippen LogP contribution in [0.4, 0.5) is 0 Å². The Morgan fingerprint density at radius 1 is 0.244 bits per heavy atom. The normalized spacial score (nSPS) is 11.7. The Labute approximate surface area is 271 Å². The van der Waals surface area contributed by atoms with E-state index in [9.17, 15) is 0 Å². The fourth-order valence-corrected chi connectivity index (χ4v) is 20.6. The minimum Gasteiger partial charge on any atom is -0.357 e. The molecule has 0 aliphatic rings. The number of hydrogen-bond donors (Lipinski definition) is 1. The van der Waals surface area contributed by atoms with E-state index in [-0.39, 0.29) is 0 Å². The average molecular weight is 618 g/mol. The van der Waals surface area contributed by atoms with Crippen molar-refractivity contribution >= 4 is 16.5 Å². The second-order valence-electron chi connectivity index (χ2n) is 12.7. The molecule has 0 radical (unpaired) electrons. The standard InChI is InChI=1S/C42H43NSi2/c1-7-19-37(20-8-1)31-44(32-38-21-9-2-10-22-38,33-39-23-11-3-12-24-39)43-45(34-40-25-13-4-14-26-40,35-41-27-15-5-16-28-41)36-42-29-17-6-18-30-42/h1-30,43H,31-36H2. The highest BCUT2D eigenvalue weighted by molar-refractivity contribution is 6.92. The molecule has 6 rings (SSSR count). The molecule has 0 saturated heterocycles. The van der Waals surface area contributed by atoms with Gasteiger partial charge in [0.15, 0.2) is 0 Å². The van der Waals surface area contributed by atoms with E-state index in [4.69, 9.17) is 4.65 Å². The van der Waals surface area contributed by atoms with E-state index in [1.807, 2.05) is 0 Å². The van der Waals surface area contributed by atoms with E-state index in [2.05, 4.69) is 182 Å². The van der Waals surface area contributed by atoms with Crippen LogP contribution in [0.15, 0.2) is 182 Å². The van der Waals surface area contributed by atoms with Gasteiger partial charge in [-0.15, -0.1) is 0 Å². The van der Waals surface area contributed by atoms with Gasteiger partial charge in [0.05, 0.1) is 0 Å². The molecule has 1 N–H and O–H groups in total. The van der Waals surface area contributed by atoms with Gasteiger partial charge in [0.1, 0.15) is 16.5 Å². The summed E-state index contributed by atoms with van der Waals surface area (Å²) in [6.07, 6.45) is 0. The zero-order chi connectivity index (χ0) is 30.6. The summed E-state index contributed by atoms with van der Waals surface area (Å²) in [5, 5.41) is 0. The molecule has 0 aliphatic carbocycles. The molecule has 6 aromatic carbocycles. The van der Waals surface area contributed by atoms with Crippen molar-refractivity contribution in [3.8, 4) is 0 Å². The second-order valence-corrected chi connectivity index (χ2v) is 20.9. The topological polar surface area (TPSA) is 12.0 Å². The van der Waals surface area contributed by atoms with Crippen molar-refractivity contribution in [3.63, 3.8) is 0 Å². The Morgan fingerprint density at radius 3 is 0.556 bits per heavy atom. The van der Waals surface area contributed by atoms with Gasteiger partial charge >= 0.3 is 0 Å². The first-order valence-corrected chi connectivity index (χ1v) is 21.4. The summed E-state index contributed by atoms with van der Waals surface area (Å²) in [6.45, 7) is 0. The number of nitrogens with one attached hydrogen (secondary N) is 1. The third-order valence-corrected chi connectivity index (χ3v) is 19.6. The van der Waals surface area contributed by atoms with Crippen LogP contribution in [-0.4, -0.2) is 16.5 Å². The monoisotopic (exact) mass is 617 g/mol. The Bertz CT molecular complexity index is 1360. The van der Waals surface area contributed by atoms with Gasteiger partial charge in [-0.05, 0) is 69.6 Å². The Morgan fingerprint density at radius 2 is 0.400 bits per heavy atom. The van der Waals surface area contributed by atoms with Crippen molar-refractivity contribution in [2.45, 2.75) is 36.3 Å². The largest absolute Gasteiger partial charge is 0.357 e. The van der Waals surface area contributed by atoms with Crippen molar-refractivity contribution in [3.05, 3.63) is 215 Å². The van der Waals surface area contributed by atoms with Gasteiger partial charge in [-0.25, -0.2) is 0 Å². The maximum Gasteiger partial charge on any atom is 0.132 e. The first-order valence-electron chi connectivity index (χ1n) is 16.2. The molecule has 0 fully saturated rings. The zero-order valence-electron chi connectivity index (χ0n) is 26.1. The fourth-order valence-electron chi connectivity index (χ4n) is 7.12. The first-order chi connectivity index (χ1) is 22.2. The van der Waals surface area contributed by atoms with Crippen molar-refractivity contribution in [2.75, 3.05) is 0 Å². The van der Waals surface area contributed by atoms with Gasteiger partial charge < -0.3 is 4.65 Å². The molecular formula is C42H43NSi2. The van der Waals surface area contributed by atoms with Crippen LogP contribution in [0, 0.1) is 0 Å². The fraction of sp³-hybridized carbons (Fsp3) is 0.143. The second kappa shape index (κ2) is 15.1. The maximum atomic E-state index is 4.85. The van der Waals surface area contributed by atoms with E-state index >= 15 is 0 Å². The Hall–Kier alpha value is -4.29. The van der Waals surface area contributed by atoms with Gasteiger partial charge in [-0.2, -0.15) is 0 Å². The summed E-state index contributed by atoms with van der Waals surface area (Å²) in [5.41, 5.74) is 8.61. The molecule has 0 amide bonds. The third-order valence-electron chi connectivity index (χ3n) is 8.84. The summed E-state index contributed by atoms with van der Waals surface area (Å²) in [6, 6.07) is 74.0. The zero-order valence-corrected chi connectivity index (χ0v) is 28.1. The third kappa shape index (κ3) is 8.89. The van der Waals surface area contributed by atoms with Gasteiger partial charge in [0.25, 0.3) is 0 Å². The Kier molecular flexibility index (Phi) is 10.3. The summed E-state index contributed by atoms with van der Waals surface area (Å²) in [7, 11) is -4.61. The van der Waals surface area contributed by atoms with Crippen LogP contribution in [0.5, 0.6) is 0 Å².